The van der Waals surface area contributed by atoms with Gasteiger partial charge in [-0.3, -0.25) is 9.36 Å². The van der Waals surface area contributed by atoms with Crippen LogP contribution in [0.2, 0.25) is 0 Å². The maximum atomic E-state index is 13.2. The molecule has 2 saturated heterocycles. The summed E-state index contributed by atoms with van der Waals surface area (Å²) < 4.78 is 34.3. The summed E-state index contributed by atoms with van der Waals surface area (Å²) in [5, 5.41) is 0. The number of aryl methyl sites for hydroxylation is 1. The summed E-state index contributed by atoms with van der Waals surface area (Å²) in [6.07, 6.45) is 1.35. The van der Waals surface area contributed by atoms with Crippen LogP contribution in [0.1, 0.15) is 19.8 Å². The second kappa shape index (κ2) is 8.16. The first-order chi connectivity index (χ1) is 14.3. The number of rotatable bonds is 4. The SMILES string of the molecule is CCN1CCN(C(=O)[C@@H]2CCCN(S(=O)(=O)c3ccc4c(c3)oc(=O)n4C)C2)CC1. The van der Waals surface area contributed by atoms with E-state index in [0.717, 1.165) is 19.6 Å². The van der Waals surface area contributed by atoms with E-state index in [-0.39, 0.29) is 28.8 Å². The maximum absolute atomic E-state index is 13.2. The summed E-state index contributed by atoms with van der Waals surface area (Å²) in [5.74, 6) is -0.804. The molecule has 0 bridgehead atoms. The Morgan fingerprint density at radius 1 is 1.17 bits per heavy atom. The number of hydrogen-bond acceptors (Lipinski definition) is 6. The van der Waals surface area contributed by atoms with Gasteiger partial charge in [0.05, 0.1) is 16.3 Å². The maximum Gasteiger partial charge on any atom is 0.419 e. The molecule has 2 fully saturated rings. The molecule has 164 valence electrons. The van der Waals surface area contributed by atoms with Gasteiger partial charge in [0.1, 0.15) is 0 Å². The summed E-state index contributed by atoms with van der Waals surface area (Å²) in [6.45, 7) is 6.76. The molecule has 4 rings (SSSR count). The zero-order chi connectivity index (χ0) is 21.5. The largest absolute Gasteiger partial charge is 0.419 e. The number of amides is 1. The molecule has 10 heteroatoms. The molecule has 3 heterocycles. The number of likely N-dealkylation sites (N-methyl/N-ethyl adjacent to an activating group) is 1. The Labute approximate surface area is 175 Å². The van der Waals surface area contributed by atoms with E-state index >= 15 is 0 Å². The number of oxazole rings is 1. The molecule has 9 nitrogen and oxygen atoms in total. The van der Waals surface area contributed by atoms with Crippen LogP contribution in [0, 0.1) is 5.92 Å². The van der Waals surface area contributed by atoms with Crippen molar-refractivity contribution in [2.75, 3.05) is 45.8 Å². The fourth-order valence-corrected chi connectivity index (χ4v) is 5.87. The fraction of sp³-hybridized carbons (Fsp3) is 0.600. The predicted molar refractivity (Wildman–Crippen MR) is 112 cm³/mol. The molecule has 2 aliphatic heterocycles. The first-order valence-electron chi connectivity index (χ1n) is 10.4. The minimum Gasteiger partial charge on any atom is -0.408 e. The van der Waals surface area contributed by atoms with E-state index in [4.69, 9.17) is 4.42 Å². The van der Waals surface area contributed by atoms with Crippen molar-refractivity contribution < 1.29 is 17.6 Å². The quantitative estimate of drug-likeness (QED) is 0.700. The highest BCUT2D eigenvalue weighted by Gasteiger charge is 2.36. The third-order valence-corrected chi connectivity index (χ3v) is 8.13. The highest BCUT2D eigenvalue weighted by molar-refractivity contribution is 7.89. The normalized spacial score (nSPS) is 21.9. The number of benzene rings is 1. The molecular weight excluding hydrogens is 408 g/mol. The second-order valence-corrected chi connectivity index (χ2v) is 9.96. The van der Waals surface area contributed by atoms with Gasteiger partial charge in [0, 0.05) is 52.4 Å². The number of carbonyl (C=O) groups is 1. The number of hydrogen-bond donors (Lipinski definition) is 0. The van der Waals surface area contributed by atoms with Crippen LogP contribution in [0.15, 0.2) is 32.3 Å². The Morgan fingerprint density at radius 3 is 2.60 bits per heavy atom. The summed E-state index contributed by atoms with van der Waals surface area (Å²) >= 11 is 0. The van der Waals surface area contributed by atoms with E-state index in [9.17, 15) is 18.0 Å². The van der Waals surface area contributed by atoms with Crippen LogP contribution in [-0.2, 0) is 21.9 Å². The van der Waals surface area contributed by atoms with Gasteiger partial charge < -0.3 is 14.2 Å². The van der Waals surface area contributed by atoms with E-state index in [0.29, 0.717) is 38.0 Å². The molecule has 2 aromatic rings. The highest BCUT2D eigenvalue weighted by atomic mass is 32.2. The number of fused-ring (bicyclic) bond motifs is 1. The summed E-state index contributed by atoms with van der Waals surface area (Å²) in [4.78, 5) is 29.0. The Balaban J connectivity index is 1.51. The van der Waals surface area contributed by atoms with Crippen molar-refractivity contribution in [1.29, 1.82) is 0 Å². The van der Waals surface area contributed by atoms with Crippen LogP contribution < -0.4 is 5.76 Å². The highest BCUT2D eigenvalue weighted by Crippen LogP contribution is 2.27. The minimum atomic E-state index is -3.78. The fourth-order valence-electron chi connectivity index (χ4n) is 4.33. The molecule has 2 aliphatic rings. The van der Waals surface area contributed by atoms with Crippen molar-refractivity contribution in [3.05, 3.63) is 28.7 Å². The van der Waals surface area contributed by atoms with Gasteiger partial charge in [-0.25, -0.2) is 13.2 Å². The van der Waals surface area contributed by atoms with Gasteiger partial charge in [-0.1, -0.05) is 6.92 Å². The molecule has 0 aliphatic carbocycles. The van der Waals surface area contributed by atoms with Crippen molar-refractivity contribution in [2.24, 2.45) is 13.0 Å². The van der Waals surface area contributed by atoms with Gasteiger partial charge in [0.25, 0.3) is 0 Å². The van der Waals surface area contributed by atoms with E-state index in [1.54, 1.807) is 13.1 Å². The lowest BCUT2D eigenvalue weighted by Gasteiger charge is -2.38. The van der Waals surface area contributed by atoms with Gasteiger partial charge in [-0.15, -0.1) is 0 Å². The number of piperazine rings is 1. The van der Waals surface area contributed by atoms with Crippen molar-refractivity contribution in [1.82, 2.24) is 18.7 Å². The zero-order valence-corrected chi connectivity index (χ0v) is 18.2. The zero-order valence-electron chi connectivity index (χ0n) is 17.4. The number of piperidine rings is 1. The van der Waals surface area contributed by atoms with Crippen LogP contribution in [0.25, 0.3) is 11.1 Å². The lowest BCUT2D eigenvalue weighted by Crippen LogP contribution is -2.52. The van der Waals surface area contributed by atoms with Crippen molar-refractivity contribution in [3.63, 3.8) is 0 Å². The van der Waals surface area contributed by atoms with Gasteiger partial charge in [-0.05, 0) is 31.5 Å². The van der Waals surface area contributed by atoms with Crippen LogP contribution >= 0.6 is 0 Å². The molecule has 0 radical (unpaired) electrons. The Bertz CT molecular complexity index is 1100. The topological polar surface area (TPSA) is 96.1 Å². The summed E-state index contributed by atoms with van der Waals surface area (Å²) in [6, 6.07) is 4.45. The minimum absolute atomic E-state index is 0.0511. The molecule has 1 aromatic heterocycles. The van der Waals surface area contributed by atoms with Gasteiger partial charge in [-0.2, -0.15) is 4.31 Å². The number of carbonyl (C=O) groups excluding carboxylic acids is 1. The number of aromatic nitrogens is 1. The van der Waals surface area contributed by atoms with Crippen molar-refractivity contribution >= 4 is 27.0 Å². The van der Waals surface area contributed by atoms with Crippen LogP contribution in [0.5, 0.6) is 0 Å². The molecule has 1 amide bonds. The first-order valence-corrected chi connectivity index (χ1v) is 11.9. The molecule has 1 atom stereocenters. The van der Waals surface area contributed by atoms with E-state index in [1.807, 2.05) is 4.90 Å². The number of sulfonamides is 1. The molecule has 0 N–H and O–H groups in total. The third-order valence-electron chi connectivity index (χ3n) is 6.27. The molecule has 0 saturated carbocycles. The lowest BCUT2D eigenvalue weighted by atomic mass is 9.98. The van der Waals surface area contributed by atoms with Crippen molar-refractivity contribution in [2.45, 2.75) is 24.7 Å². The standard InChI is InChI=1S/C20H28N4O5S/c1-3-22-9-11-23(12-10-22)19(25)15-5-4-8-24(14-15)30(27,28)16-6-7-17-18(13-16)29-20(26)21(17)2/h6-7,13,15H,3-5,8-12,14H2,1-2H3/t15-/m1/s1. The summed E-state index contributed by atoms with van der Waals surface area (Å²) in [7, 11) is -2.21. The smallest absolute Gasteiger partial charge is 0.408 e. The predicted octanol–water partition coefficient (Wildman–Crippen LogP) is 0.696. The molecule has 0 spiro atoms. The molecule has 0 unspecified atom stereocenters. The van der Waals surface area contributed by atoms with Crippen LogP contribution in [0.3, 0.4) is 0 Å². The molecular formula is C20H28N4O5S. The van der Waals surface area contributed by atoms with E-state index in [2.05, 4.69) is 11.8 Å². The van der Waals surface area contributed by atoms with Gasteiger partial charge in [0.2, 0.25) is 15.9 Å². The monoisotopic (exact) mass is 436 g/mol. The molecule has 30 heavy (non-hydrogen) atoms. The van der Waals surface area contributed by atoms with Crippen LogP contribution in [0.4, 0.5) is 0 Å². The Hall–Kier alpha value is -2.17. The average molecular weight is 437 g/mol. The lowest BCUT2D eigenvalue weighted by molar-refractivity contribution is -0.138. The first kappa shape index (κ1) is 21.1. The van der Waals surface area contributed by atoms with E-state index in [1.165, 1.54) is 21.0 Å². The second-order valence-electron chi connectivity index (χ2n) is 8.02. The van der Waals surface area contributed by atoms with Crippen molar-refractivity contribution in [3.8, 4) is 0 Å². The third kappa shape index (κ3) is 3.79. The van der Waals surface area contributed by atoms with Gasteiger partial charge in [0.15, 0.2) is 5.58 Å². The molecule has 1 aromatic carbocycles. The Morgan fingerprint density at radius 2 is 1.90 bits per heavy atom. The summed E-state index contributed by atoms with van der Waals surface area (Å²) in [5.41, 5.74) is 0.777. The van der Waals surface area contributed by atoms with E-state index < -0.39 is 15.8 Å². The van der Waals surface area contributed by atoms with Crippen LogP contribution in [-0.4, -0.2) is 78.8 Å². The average Bonchev–Trinajstić information content (AvgIpc) is 3.06. The van der Waals surface area contributed by atoms with Gasteiger partial charge >= 0.3 is 5.76 Å². The number of nitrogens with zero attached hydrogens (tertiary/aromatic N) is 4. The Kier molecular flexibility index (Phi) is 5.73.